The summed E-state index contributed by atoms with van der Waals surface area (Å²) in [5.74, 6) is -1.28. The van der Waals surface area contributed by atoms with Gasteiger partial charge in [0.1, 0.15) is 6.54 Å². The molecule has 8 heteroatoms. The zero-order valence-electron chi connectivity index (χ0n) is 17.1. The van der Waals surface area contributed by atoms with Crippen LogP contribution in [-0.2, 0) is 14.3 Å². The van der Waals surface area contributed by atoms with Crippen LogP contribution in [0.3, 0.4) is 0 Å². The number of ether oxygens (including phenoxy) is 1. The summed E-state index contributed by atoms with van der Waals surface area (Å²) >= 11 is 0. The van der Waals surface area contributed by atoms with Gasteiger partial charge in [0.2, 0.25) is 0 Å². The van der Waals surface area contributed by atoms with Gasteiger partial charge in [-0.2, -0.15) is 5.26 Å². The van der Waals surface area contributed by atoms with E-state index in [1.165, 1.54) is 4.90 Å². The highest BCUT2D eigenvalue weighted by atomic mass is 16.5. The fraction of sp³-hybridized carbons (Fsp3) is 0.304. The van der Waals surface area contributed by atoms with E-state index in [0.29, 0.717) is 37.3 Å². The molecular weight excluding hydrogens is 396 g/mol. The molecule has 31 heavy (non-hydrogen) atoms. The normalized spacial score (nSPS) is 13.7. The second-order valence-electron chi connectivity index (χ2n) is 7.14. The van der Waals surface area contributed by atoms with Crippen LogP contribution in [0.15, 0.2) is 60.7 Å². The minimum atomic E-state index is -0.458. The highest BCUT2D eigenvalue weighted by Crippen LogP contribution is 2.20. The van der Waals surface area contributed by atoms with Crippen LogP contribution < -0.4 is 10.2 Å². The summed E-state index contributed by atoms with van der Waals surface area (Å²) in [6, 6.07) is 19.7. The number of carbonyl (C=O) groups excluding carboxylic acids is 3. The number of benzene rings is 2. The molecule has 2 aromatic rings. The number of para-hydroxylation sites is 2. The number of amides is 3. The average Bonchev–Trinajstić information content (AvgIpc) is 2.82. The predicted molar refractivity (Wildman–Crippen MR) is 115 cm³/mol. The number of carbonyl (C=O) groups is 3. The third-order valence-corrected chi connectivity index (χ3v) is 5.08. The molecule has 0 aliphatic carbocycles. The standard InChI is InChI=1S/C23H24N4O4/c24-13-16-27(20-9-5-2-6-10-20)21(28)17-31-22(29)18-11-14-26(15-12-18)23(30)25-19-7-3-1-4-8-19/h1-10,18H,11-12,14-17H2,(H,25,30). The second kappa shape index (κ2) is 10.8. The predicted octanol–water partition coefficient (Wildman–Crippen LogP) is 3.03. The molecule has 1 N–H and O–H groups in total. The van der Waals surface area contributed by atoms with Crippen LogP contribution in [0.2, 0.25) is 0 Å². The van der Waals surface area contributed by atoms with E-state index in [9.17, 15) is 14.4 Å². The number of hydrogen-bond donors (Lipinski definition) is 1. The van der Waals surface area contributed by atoms with E-state index in [-0.39, 0.29) is 18.5 Å². The van der Waals surface area contributed by atoms with Gasteiger partial charge in [-0.3, -0.25) is 14.5 Å². The van der Waals surface area contributed by atoms with Crippen LogP contribution in [0.4, 0.5) is 16.2 Å². The maximum atomic E-state index is 12.5. The molecule has 1 fully saturated rings. The smallest absolute Gasteiger partial charge is 0.321 e. The van der Waals surface area contributed by atoms with E-state index < -0.39 is 18.5 Å². The van der Waals surface area contributed by atoms with E-state index in [1.54, 1.807) is 29.2 Å². The topological polar surface area (TPSA) is 103 Å². The Bertz CT molecular complexity index is 935. The highest BCUT2D eigenvalue weighted by molar-refractivity contribution is 5.95. The van der Waals surface area contributed by atoms with Crippen LogP contribution in [0.5, 0.6) is 0 Å². The second-order valence-corrected chi connectivity index (χ2v) is 7.14. The number of nitriles is 1. The molecule has 0 bridgehead atoms. The summed E-state index contributed by atoms with van der Waals surface area (Å²) in [4.78, 5) is 40.2. The van der Waals surface area contributed by atoms with E-state index in [2.05, 4.69) is 5.32 Å². The van der Waals surface area contributed by atoms with E-state index >= 15 is 0 Å². The van der Waals surface area contributed by atoms with Gasteiger partial charge in [0, 0.05) is 24.5 Å². The molecule has 0 saturated carbocycles. The number of nitrogens with one attached hydrogen (secondary N) is 1. The molecule has 3 rings (SSSR count). The fourth-order valence-electron chi connectivity index (χ4n) is 3.37. The largest absolute Gasteiger partial charge is 0.455 e. The van der Waals surface area contributed by atoms with Crippen LogP contribution in [0.1, 0.15) is 12.8 Å². The van der Waals surface area contributed by atoms with Crippen LogP contribution in [-0.4, -0.2) is 49.0 Å². The van der Waals surface area contributed by atoms with Crippen LogP contribution >= 0.6 is 0 Å². The molecule has 0 aromatic heterocycles. The van der Waals surface area contributed by atoms with Crippen molar-refractivity contribution in [2.75, 3.05) is 36.5 Å². The van der Waals surface area contributed by atoms with Crippen molar-refractivity contribution in [3.8, 4) is 6.07 Å². The summed E-state index contributed by atoms with van der Waals surface area (Å²) in [6.07, 6.45) is 0.936. The Hall–Kier alpha value is -3.86. The van der Waals surface area contributed by atoms with Crippen molar-refractivity contribution in [1.82, 2.24) is 4.90 Å². The third kappa shape index (κ3) is 6.06. The Balaban J connectivity index is 1.46. The lowest BCUT2D eigenvalue weighted by atomic mass is 9.97. The molecule has 1 aliphatic rings. The lowest BCUT2D eigenvalue weighted by molar-refractivity contribution is -0.153. The Labute approximate surface area is 181 Å². The lowest BCUT2D eigenvalue weighted by Crippen LogP contribution is -2.43. The number of piperidine rings is 1. The maximum absolute atomic E-state index is 12.5. The first-order valence-corrected chi connectivity index (χ1v) is 10.1. The minimum absolute atomic E-state index is 0.130. The van der Waals surface area contributed by atoms with Gasteiger partial charge >= 0.3 is 12.0 Å². The Morgan fingerprint density at radius 1 is 1.03 bits per heavy atom. The number of nitrogens with zero attached hydrogens (tertiary/aromatic N) is 3. The van der Waals surface area contributed by atoms with Crippen molar-refractivity contribution < 1.29 is 19.1 Å². The molecule has 3 amide bonds. The molecule has 2 aromatic carbocycles. The van der Waals surface area contributed by atoms with E-state index in [0.717, 1.165) is 0 Å². The molecule has 8 nitrogen and oxygen atoms in total. The van der Waals surface area contributed by atoms with Gasteiger partial charge in [0.25, 0.3) is 5.91 Å². The molecule has 0 atom stereocenters. The molecule has 0 spiro atoms. The molecule has 160 valence electrons. The summed E-state index contributed by atoms with van der Waals surface area (Å²) in [5, 5.41) is 11.8. The molecule has 1 saturated heterocycles. The van der Waals surface area contributed by atoms with Crippen molar-refractivity contribution in [1.29, 1.82) is 5.26 Å². The van der Waals surface area contributed by atoms with Gasteiger partial charge in [-0.05, 0) is 37.1 Å². The van der Waals surface area contributed by atoms with E-state index in [1.807, 2.05) is 42.5 Å². The van der Waals surface area contributed by atoms with Crippen molar-refractivity contribution >= 4 is 29.3 Å². The number of hydrogen-bond acceptors (Lipinski definition) is 5. The number of rotatable bonds is 6. The Morgan fingerprint density at radius 3 is 2.26 bits per heavy atom. The number of anilines is 2. The number of likely N-dealkylation sites (tertiary alicyclic amines) is 1. The average molecular weight is 420 g/mol. The zero-order valence-corrected chi connectivity index (χ0v) is 17.1. The van der Waals surface area contributed by atoms with Crippen LogP contribution in [0, 0.1) is 17.2 Å². The molecule has 1 aliphatic heterocycles. The van der Waals surface area contributed by atoms with Gasteiger partial charge in [-0.15, -0.1) is 0 Å². The van der Waals surface area contributed by atoms with Crippen molar-refractivity contribution in [2.45, 2.75) is 12.8 Å². The van der Waals surface area contributed by atoms with E-state index in [4.69, 9.17) is 10.00 Å². The summed E-state index contributed by atoms with van der Waals surface area (Å²) in [6.45, 7) is 0.299. The van der Waals surface area contributed by atoms with Crippen LogP contribution in [0.25, 0.3) is 0 Å². The molecular formula is C23H24N4O4. The Kier molecular flexibility index (Phi) is 7.60. The molecule has 1 heterocycles. The summed E-state index contributed by atoms with van der Waals surface area (Å²) < 4.78 is 5.22. The minimum Gasteiger partial charge on any atom is -0.455 e. The SMILES string of the molecule is N#CCN(C(=O)COC(=O)C1CCN(C(=O)Nc2ccccc2)CC1)c1ccccc1. The summed E-state index contributed by atoms with van der Waals surface area (Å²) in [7, 11) is 0. The number of esters is 1. The van der Waals surface area contributed by atoms with Crippen molar-refractivity contribution in [3.63, 3.8) is 0 Å². The first kappa shape index (κ1) is 21.8. The molecule has 0 unspecified atom stereocenters. The molecule has 0 radical (unpaired) electrons. The Morgan fingerprint density at radius 2 is 1.65 bits per heavy atom. The maximum Gasteiger partial charge on any atom is 0.321 e. The quantitative estimate of drug-likeness (QED) is 0.572. The van der Waals surface area contributed by atoms with Gasteiger partial charge in [0.15, 0.2) is 6.61 Å². The van der Waals surface area contributed by atoms with Gasteiger partial charge in [-0.25, -0.2) is 4.79 Å². The first-order chi connectivity index (χ1) is 15.1. The van der Waals surface area contributed by atoms with Crippen molar-refractivity contribution in [3.05, 3.63) is 60.7 Å². The van der Waals surface area contributed by atoms with Gasteiger partial charge in [-0.1, -0.05) is 36.4 Å². The summed E-state index contributed by atoms with van der Waals surface area (Å²) in [5.41, 5.74) is 1.29. The highest BCUT2D eigenvalue weighted by Gasteiger charge is 2.29. The number of urea groups is 1. The lowest BCUT2D eigenvalue weighted by Gasteiger charge is -2.31. The first-order valence-electron chi connectivity index (χ1n) is 10.1. The fourth-order valence-corrected chi connectivity index (χ4v) is 3.37. The van der Waals surface area contributed by atoms with Gasteiger partial charge < -0.3 is 15.0 Å². The van der Waals surface area contributed by atoms with Gasteiger partial charge in [0.05, 0.1) is 12.0 Å². The third-order valence-electron chi connectivity index (χ3n) is 5.08. The monoisotopic (exact) mass is 420 g/mol. The van der Waals surface area contributed by atoms with Crippen molar-refractivity contribution in [2.24, 2.45) is 5.92 Å². The zero-order chi connectivity index (χ0) is 22.1.